The van der Waals surface area contributed by atoms with Crippen LogP contribution >= 0.6 is 0 Å². The Hall–Kier alpha value is -2.47. The molecule has 0 bridgehead atoms. The Morgan fingerprint density at radius 2 is 2.22 bits per heavy atom. The van der Waals surface area contributed by atoms with Gasteiger partial charge in [-0.15, -0.1) is 0 Å². The van der Waals surface area contributed by atoms with Crippen molar-refractivity contribution >= 4 is 5.91 Å². The number of fused-ring (bicyclic) bond motifs is 1. The predicted octanol–water partition coefficient (Wildman–Crippen LogP) is 2.80. The number of ether oxygens (including phenoxy) is 2. The number of pyridine rings is 2. The van der Waals surface area contributed by atoms with E-state index in [1.54, 1.807) is 13.3 Å². The van der Waals surface area contributed by atoms with Crippen LogP contribution < -0.4 is 4.74 Å². The SMILES string of the molecule is COc1nc2c(cc1C(=O)N1CCC[C@@H](OCc3ccccn3)C1)CCC2. The Bertz CT molecular complexity index is 810. The first-order valence-electron chi connectivity index (χ1n) is 9.62. The van der Waals surface area contributed by atoms with Crippen LogP contribution in [0.15, 0.2) is 30.5 Å². The summed E-state index contributed by atoms with van der Waals surface area (Å²) < 4.78 is 11.4. The van der Waals surface area contributed by atoms with Crippen LogP contribution in [0.25, 0.3) is 0 Å². The molecule has 2 aromatic rings. The normalized spacial score (nSPS) is 19.0. The van der Waals surface area contributed by atoms with Crippen LogP contribution in [-0.2, 0) is 24.2 Å². The highest BCUT2D eigenvalue weighted by Gasteiger charge is 2.29. The molecule has 2 aliphatic rings. The molecule has 6 nitrogen and oxygen atoms in total. The van der Waals surface area contributed by atoms with Crippen molar-refractivity contribution in [1.82, 2.24) is 14.9 Å². The second kappa shape index (κ2) is 8.05. The number of piperidine rings is 1. The molecule has 1 aliphatic heterocycles. The molecule has 0 aromatic carbocycles. The van der Waals surface area contributed by atoms with Crippen molar-refractivity contribution in [2.24, 2.45) is 0 Å². The third-order valence-electron chi connectivity index (χ3n) is 5.30. The van der Waals surface area contributed by atoms with E-state index < -0.39 is 0 Å². The first-order chi connectivity index (χ1) is 13.2. The summed E-state index contributed by atoms with van der Waals surface area (Å²) in [5, 5.41) is 0. The van der Waals surface area contributed by atoms with Gasteiger partial charge in [0.05, 0.1) is 25.5 Å². The van der Waals surface area contributed by atoms with E-state index in [4.69, 9.17) is 9.47 Å². The zero-order valence-electron chi connectivity index (χ0n) is 15.7. The number of methoxy groups -OCH3 is 1. The summed E-state index contributed by atoms with van der Waals surface area (Å²) in [7, 11) is 1.58. The van der Waals surface area contributed by atoms with Gasteiger partial charge in [-0.25, -0.2) is 4.98 Å². The van der Waals surface area contributed by atoms with Crippen molar-refractivity contribution in [3.05, 3.63) is 53.0 Å². The Labute approximate surface area is 159 Å². The molecule has 2 aromatic heterocycles. The van der Waals surface area contributed by atoms with Crippen molar-refractivity contribution in [3.8, 4) is 5.88 Å². The average molecular weight is 367 g/mol. The van der Waals surface area contributed by atoms with E-state index in [1.807, 2.05) is 29.2 Å². The van der Waals surface area contributed by atoms with Crippen molar-refractivity contribution in [2.75, 3.05) is 20.2 Å². The minimum absolute atomic E-state index is 0.0137. The summed E-state index contributed by atoms with van der Waals surface area (Å²) in [5.41, 5.74) is 3.73. The van der Waals surface area contributed by atoms with Gasteiger partial charge in [0.2, 0.25) is 5.88 Å². The molecule has 3 heterocycles. The molecule has 0 unspecified atom stereocenters. The van der Waals surface area contributed by atoms with Crippen LogP contribution in [0.4, 0.5) is 0 Å². The van der Waals surface area contributed by atoms with Crippen molar-refractivity contribution in [1.29, 1.82) is 0 Å². The molecular weight excluding hydrogens is 342 g/mol. The molecule has 1 saturated heterocycles. The van der Waals surface area contributed by atoms with Gasteiger partial charge in [-0.1, -0.05) is 6.07 Å². The maximum absolute atomic E-state index is 13.1. The highest BCUT2D eigenvalue weighted by Crippen LogP contribution is 2.28. The van der Waals surface area contributed by atoms with Gasteiger partial charge in [0.25, 0.3) is 5.91 Å². The van der Waals surface area contributed by atoms with E-state index in [9.17, 15) is 4.79 Å². The molecule has 0 spiro atoms. The van der Waals surface area contributed by atoms with Crippen molar-refractivity contribution < 1.29 is 14.3 Å². The monoisotopic (exact) mass is 367 g/mol. The summed E-state index contributed by atoms with van der Waals surface area (Å²) in [4.78, 5) is 23.9. The molecule has 0 saturated carbocycles. The van der Waals surface area contributed by atoms with Crippen LogP contribution in [0, 0.1) is 0 Å². The molecule has 1 amide bonds. The van der Waals surface area contributed by atoms with Crippen LogP contribution in [0.3, 0.4) is 0 Å². The van der Waals surface area contributed by atoms with E-state index >= 15 is 0 Å². The van der Waals surface area contributed by atoms with Crippen molar-refractivity contribution in [2.45, 2.75) is 44.8 Å². The standard InChI is InChI=1S/C21H25N3O3/c1-26-20-18(12-15-6-4-9-19(15)23-20)21(25)24-11-5-8-17(13-24)27-14-16-7-2-3-10-22-16/h2-3,7,10,12,17H,4-6,8-9,11,13-14H2,1H3/t17-/m1/s1. The van der Waals surface area contributed by atoms with E-state index in [0.717, 1.165) is 50.0 Å². The van der Waals surface area contributed by atoms with Gasteiger partial charge in [0.1, 0.15) is 5.56 Å². The number of carbonyl (C=O) groups is 1. The molecule has 0 radical (unpaired) electrons. The smallest absolute Gasteiger partial charge is 0.259 e. The minimum Gasteiger partial charge on any atom is -0.480 e. The van der Waals surface area contributed by atoms with Gasteiger partial charge in [-0.05, 0) is 55.9 Å². The summed E-state index contributed by atoms with van der Waals surface area (Å²) in [5.74, 6) is 0.428. The minimum atomic E-state index is -0.0137. The number of carbonyl (C=O) groups excluding carboxylic acids is 1. The number of nitrogens with zero attached hydrogens (tertiary/aromatic N) is 3. The fourth-order valence-corrected chi connectivity index (χ4v) is 3.88. The van der Waals surface area contributed by atoms with Gasteiger partial charge in [-0.3, -0.25) is 9.78 Å². The van der Waals surface area contributed by atoms with Gasteiger partial charge in [0, 0.05) is 25.0 Å². The van der Waals surface area contributed by atoms with E-state index in [-0.39, 0.29) is 12.0 Å². The quantitative estimate of drug-likeness (QED) is 0.813. The molecule has 27 heavy (non-hydrogen) atoms. The molecule has 142 valence electrons. The Morgan fingerprint density at radius 1 is 1.30 bits per heavy atom. The first kappa shape index (κ1) is 17.9. The molecule has 4 rings (SSSR count). The molecular formula is C21H25N3O3. The number of amides is 1. The Morgan fingerprint density at radius 3 is 3.04 bits per heavy atom. The van der Waals surface area contributed by atoms with Gasteiger partial charge in [-0.2, -0.15) is 0 Å². The predicted molar refractivity (Wildman–Crippen MR) is 101 cm³/mol. The second-order valence-corrected chi connectivity index (χ2v) is 7.15. The van der Waals surface area contributed by atoms with Gasteiger partial charge in [0.15, 0.2) is 0 Å². The number of rotatable bonds is 5. The number of hydrogen-bond donors (Lipinski definition) is 0. The van der Waals surface area contributed by atoms with Crippen LogP contribution in [-0.4, -0.2) is 47.1 Å². The molecule has 1 atom stereocenters. The third kappa shape index (κ3) is 3.95. The van der Waals surface area contributed by atoms with Crippen LogP contribution in [0.2, 0.25) is 0 Å². The Balaban J connectivity index is 1.44. The third-order valence-corrected chi connectivity index (χ3v) is 5.30. The maximum atomic E-state index is 13.1. The van der Waals surface area contributed by atoms with Crippen LogP contribution in [0.1, 0.15) is 46.6 Å². The lowest BCUT2D eigenvalue weighted by Gasteiger charge is -2.33. The summed E-state index contributed by atoms with van der Waals surface area (Å²) in [6.45, 7) is 1.80. The largest absolute Gasteiger partial charge is 0.480 e. The van der Waals surface area contributed by atoms with Gasteiger partial charge < -0.3 is 14.4 Å². The van der Waals surface area contributed by atoms with E-state index in [1.165, 1.54) is 5.56 Å². The summed E-state index contributed by atoms with van der Waals surface area (Å²) in [6.07, 6.45) is 6.72. The van der Waals surface area contributed by atoms with Gasteiger partial charge >= 0.3 is 0 Å². The lowest BCUT2D eigenvalue weighted by atomic mass is 10.1. The highest BCUT2D eigenvalue weighted by atomic mass is 16.5. The zero-order valence-corrected chi connectivity index (χ0v) is 15.7. The molecule has 6 heteroatoms. The molecule has 1 fully saturated rings. The lowest BCUT2D eigenvalue weighted by molar-refractivity contribution is -0.00795. The maximum Gasteiger partial charge on any atom is 0.259 e. The number of aryl methyl sites for hydroxylation is 2. The lowest BCUT2D eigenvalue weighted by Crippen LogP contribution is -2.43. The highest BCUT2D eigenvalue weighted by molar-refractivity contribution is 5.96. The number of aromatic nitrogens is 2. The Kier molecular flexibility index (Phi) is 5.34. The second-order valence-electron chi connectivity index (χ2n) is 7.15. The summed E-state index contributed by atoms with van der Waals surface area (Å²) >= 11 is 0. The molecule has 1 aliphatic carbocycles. The van der Waals surface area contributed by atoms with Crippen molar-refractivity contribution in [3.63, 3.8) is 0 Å². The fourth-order valence-electron chi connectivity index (χ4n) is 3.88. The number of hydrogen-bond acceptors (Lipinski definition) is 5. The summed E-state index contributed by atoms with van der Waals surface area (Å²) in [6, 6.07) is 7.78. The fraction of sp³-hybridized carbons (Fsp3) is 0.476. The zero-order chi connectivity index (χ0) is 18.6. The van der Waals surface area contributed by atoms with E-state index in [0.29, 0.717) is 24.6 Å². The molecule has 0 N–H and O–H groups in total. The average Bonchev–Trinajstić information content (AvgIpc) is 3.19. The first-order valence-corrected chi connectivity index (χ1v) is 9.62. The van der Waals surface area contributed by atoms with Crippen LogP contribution in [0.5, 0.6) is 5.88 Å². The topological polar surface area (TPSA) is 64.5 Å². The van der Waals surface area contributed by atoms with E-state index in [2.05, 4.69) is 9.97 Å². The number of likely N-dealkylation sites (tertiary alicyclic amines) is 1.